The number of allylic oxidation sites excluding steroid dienone is 1. The molecule has 0 bridgehead atoms. The molecule has 4 heteroatoms. The molecule has 0 unspecified atom stereocenters. The highest BCUT2D eigenvalue weighted by Gasteiger charge is 2.61. The Morgan fingerprint density at radius 1 is 1.53 bits per heavy atom. The molecular weight excluding hydrogens is 244 g/mol. The molecular formula is C15H20O4. The van der Waals surface area contributed by atoms with E-state index in [1.165, 1.54) is 0 Å². The summed E-state index contributed by atoms with van der Waals surface area (Å²) in [6, 6.07) is 0. The molecule has 5 atom stereocenters. The molecule has 0 aromatic heterocycles. The molecule has 0 spiro atoms. The van der Waals surface area contributed by atoms with Gasteiger partial charge < -0.3 is 14.6 Å². The molecule has 3 aliphatic rings. The van der Waals surface area contributed by atoms with E-state index in [4.69, 9.17) is 9.47 Å². The summed E-state index contributed by atoms with van der Waals surface area (Å²) in [4.78, 5) is 11.7. The van der Waals surface area contributed by atoms with Crippen LogP contribution in [-0.4, -0.2) is 35.0 Å². The van der Waals surface area contributed by atoms with Gasteiger partial charge in [0, 0.05) is 11.5 Å². The number of carbonyl (C=O) groups is 1. The zero-order valence-electron chi connectivity index (χ0n) is 11.4. The summed E-state index contributed by atoms with van der Waals surface area (Å²) in [5, 5.41) is 10.2. The van der Waals surface area contributed by atoms with E-state index in [1.807, 2.05) is 6.92 Å². The maximum absolute atomic E-state index is 11.7. The fraction of sp³-hybridized carbons (Fsp3) is 0.667. The van der Waals surface area contributed by atoms with Crippen LogP contribution in [0, 0.1) is 5.92 Å². The molecule has 104 valence electrons. The number of aliphatic hydroxyl groups is 1. The molecule has 2 saturated heterocycles. The maximum Gasteiger partial charge on any atom is 0.334 e. The summed E-state index contributed by atoms with van der Waals surface area (Å²) in [6.07, 6.45) is 3.42. The summed E-state index contributed by atoms with van der Waals surface area (Å²) in [5.41, 5.74) is 1.22. The average molecular weight is 264 g/mol. The smallest absolute Gasteiger partial charge is 0.334 e. The summed E-state index contributed by atoms with van der Waals surface area (Å²) >= 11 is 0. The number of epoxide rings is 1. The van der Waals surface area contributed by atoms with E-state index in [2.05, 4.69) is 19.6 Å². The van der Waals surface area contributed by atoms with Crippen molar-refractivity contribution in [2.45, 2.75) is 57.0 Å². The zero-order valence-corrected chi connectivity index (χ0v) is 11.4. The lowest BCUT2D eigenvalue weighted by molar-refractivity contribution is -0.140. The Labute approximate surface area is 113 Å². The van der Waals surface area contributed by atoms with E-state index in [9.17, 15) is 9.90 Å². The highest BCUT2D eigenvalue weighted by molar-refractivity contribution is 5.91. The van der Waals surface area contributed by atoms with Crippen molar-refractivity contribution in [2.24, 2.45) is 5.92 Å². The third kappa shape index (κ3) is 2.03. The van der Waals surface area contributed by atoms with Gasteiger partial charge in [0.2, 0.25) is 0 Å². The highest BCUT2D eigenvalue weighted by Crippen LogP contribution is 2.49. The van der Waals surface area contributed by atoms with Crippen molar-refractivity contribution in [1.82, 2.24) is 0 Å². The van der Waals surface area contributed by atoms with Crippen LogP contribution < -0.4 is 0 Å². The number of esters is 1. The lowest BCUT2D eigenvalue weighted by atomic mass is 9.83. The molecule has 0 radical (unpaired) electrons. The van der Waals surface area contributed by atoms with Gasteiger partial charge in [0.05, 0.1) is 11.7 Å². The SMILES string of the molecule is C=C1C(=O)O[C@H]2[C@H]1C[C@H](O)/C(C)=C/CC[C@@]1(C)O[C@@H]21. The van der Waals surface area contributed by atoms with Gasteiger partial charge in [0.1, 0.15) is 12.2 Å². The molecule has 2 fully saturated rings. The molecule has 19 heavy (non-hydrogen) atoms. The Kier molecular flexibility index (Phi) is 2.84. The van der Waals surface area contributed by atoms with Crippen LogP contribution in [0.25, 0.3) is 0 Å². The first kappa shape index (κ1) is 12.9. The molecule has 1 N–H and O–H groups in total. The number of rotatable bonds is 0. The first-order valence-corrected chi connectivity index (χ1v) is 6.85. The van der Waals surface area contributed by atoms with E-state index in [0.29, 0.717) is 12.0 Å². The van der Waals surface area contributed by atoms with Gasteiger partial charge in [-0.25, -0.2) is 4.79 Å². The Bertz CT molecular complexity index is 467. The predicted octanol–water partition coefficient (Wildman–Crippen LogP) is 1.73. The van der Waals surface area contributed by atoms with Gasteiger partial charge in [-0.05, 0) is 38.7 Å². The third-order valence-corrected chi connectivity index (χ3v) is 4.70. The van der Waals surface area contributed by atoms with Gasteiger partial charge in [-0.15, -0.1) is 0 Å². The van der Waals surface area contributed by atoms with Crippen LogP contribution in [0.2, 0.25) is 0 Å². The van der Waals surface area contributed by atoms with Crippen LogP contribution in [-0.2, 0) is 14.3 Å². The number of hydrogen-bond donors (Lipinski definition) is 1. The Hall–Kier alpha value is -1.13. The first-order valence-electron chi connectivity index (χ1n) is 6.85. The van der Waals surface area contributed by atoms with Gasteiger partial charge in [-0.2, -0.15) is 0 Å². The fourth-order valence-electron chi connectivity index (χ4n) is 3.20. The van der Waals surface area contributed by atoms with Gasteiger partial charge in [-0.3, -0.25) is 0 Å². The minimum atomic E-state index is -0.540. The van der Waals surface area contributed by atoms with Crippen molar-refractivity contribution >= 4 is 5.97 Å². The Morgan fingerprint density at radius 3 is 3.00 bits per heavy atom. The van der Waals surface area contributed by atoms with Crippen LogP contribution in [0.1, 0.15) is 33.1 Å². The molecule has 0 saturated carbocycles. The van der Waals surface area contributed by atoms with Crippen molar-refractivity contribution in [3.05, 3.63) is 23.8 Å². The number of ether oxygens (including phenoxy) is 2. The van der Waals surface area contributed by atoms with Crippen molar-refractivity contribution in [3.63, 3.8) is 0 Å². The van der Waals surface area contributed by atoms with E-state index < -0.39 is 6.10 Å². The molecule has 0 aromatic rings. The second kappa shape index (κ2) is 4.18. The topological polar surface area (TPSA) is 59.1 Å². The predicted molar refractivity (Wildman–Crippen MR) is 69.4 cm³/mol. The van der Waals surface area contributed by atoms with E-state index in [0.717, 1.165) is 18.4 Å². The van der Waals surface area contributed by atoms with E-state index in [-0.39, 0.29) is 29.7 Å². The number of hydrogen-bond acceptors (Lipinski definition) is 4. The van der Waals surface area contributed by atoms with Gasteiger partial charge >= 0.3 is 5.97 Å². The highest BCUT2D eigenvalue weighted by atomic mass is 16.6. The average Bonchev–Trinajstić information content (AvgIpc) is 2.95. The van der Waals surface area contributed by atoms with Crippen LogP contribution in [0.4, 0.5) is 0 Å². The molecule has 2 aliphatic heterocycles. The quantitative estimate of drug-likeness (QED) is 0.313. The van der Waals surface area contributed by atoms with Crippen molar-refractivity contribution in [3.8, 4) is 0 Å². The van der Waals surface area contributed by atoms with Crippen LogP contribution >= 0.6 is 0 Å². The zero-order chi connectivity index (χ0) is 13.8. The molecule has 2 heterocycles. The van der Waals surface area contributed by atoms with Crippen LogP contribution in [0.3, 0.4) is 0 Å². The van der Waals surface area contributed by atoms with E-state index >= 15 is 0 Å². The van der Waals surface area contributed by atoms with E-state index in [1.54, 1.807) is 0 Å². The number of carbonyl (C=O) groups excluding carboxylic acids is 1. The van der Waals surface area contributed by atoms with Gasteiger partial charge in [0.25, 0.3) is 0 Å². The normalized spacial score (nSPS) is 48.7. The number of aliphatic hydroxyl groups excluding tert-OH is 1. The van der Waals surface area contributed by atoms with Gasteiger partial charge in [-0.1, -0.05) is 12.7 Å². The molecule has 1 aliphatic carbocycles. The second-order valence-electron chi connectivity index (χ2n) is 6.09. The van der Waals surface area contributed by atoms with Gasteiger partial charge in [0.15, 0.2) is 0 Å². The van der Waals surface area contributed by atoms with Crippen LogP contribution in [0.5, 0.6) is 0 Å². The number of fused-ring (bicyclic) bond motifs is 3. The third-order valence-electron chi connectivity index (χ3n) is 4.70. The van der Waals surface area contributed by atoms with Crippen molar-refractivity contribution < 1.29 is 19.4 Å². The van der Waals surface area contributed by atoms with Crippen LogP contribution in [0.15, 0.2) is 23.8 Å². The molecule has 0 aromatic carbocycles. The molecule has 3 rings (SSSR count). The standard InChI is InChI=1S/C15H20O4/c1-8-5-4-6-15(3)13(19-15)12-10(7-11(8)16)9(2)14(17)18-12/h5,10-13,16H,2,4,6-7H2,1,3H3/b8-5+/t10-,11-,12-,13-,15+/m0/s1. The fourth-order valence-corrected chi connectivity index (χ4v) is 3.20. The van der Waals surface area contributed by atoms with Crippen molar-refractivity contribution in [2.75, 3.05) is 0 Å². The van der Waals surface area contributed by atoms with Crippen molar-refractivity contribution in [1.29, 1.82) is 0 Å². The first-order chi connectivity index (χ1) is 8.92. The molecule has 4 nitrogen and oxygen atoms in total. The Morgan fingerprint density at radius 2 is 2.26 bits per heavy atom. The summed E-state index contributed by atoms with van der Waals surface area (Å²) in [7, 11) is 0. The lowest BCUT2D eigenvalue weighted by Crippen LogP contribution is -2.31. The summed E-state index contributed by atoms with van der Waals surface area (Å²) in [5.74, 6) is -0.489. The Balaban J connectivity index is 1.91. The summed E-state index contributed by atoms with van der Waals surface area (Å²) < 4.78 is 11.2. The largest absolute Gasteiger partial charge is 0.455 e. The molecule has 0 amide bonds. The lowest BCUT2D eigenvalue weighted by Gasteiger charge is -2.22. The minimum Gasteiger partial charge on any atom is -0.455 e. The summed E-state index contributed by atoms with van der Waals surface area (Å²) in [6.45, 7) is 7.81. The maximum atomic E-state index is 11.7. The second-order valence-corrected chi connectivity index (χ2v) is 6.09. The minimum absolute atomic E-state index is 0.0558. The monoisotopic (exact) mass is 264 g/mol.